The first-order valence-electron chi connectivity index (χ1n) is 10.1. The van der Waals surface area contributed by atoms with Crippen molar-refractivity contribution in [2.24, 2.45) is 5.92 Å². The molecule has 3 rings (SSSR count). The van der Waals surface area contributed by atoms with E-state index in [-0.39, 0.29) is 17.7 Å². The van der Waals surface area contributed by atoms with Crippen molar-refractivity contribution >= 4 is 11.8 Å². The predicted octanol–water partition coefficient (Wildman–Crippen LogP) is 1.26. The zero-order chi connectivity index (χ0) is 20.1. The molecule has 0 unspecified atom stereocenters. The van der Waals surface area contributed by atoms with E-state index in [1.165, 1.54) is 0 Å². The van der Waals surface area contributed by atoms with E-state index in [9.17, 15) is 9.59 Å². The van der Waals surface area contributed by atoms with Crippen LogP contribution < -0.4 is 9.47 Å². The van der Waals surface area contributed by atoms with Crippen LogP contribution in [0.3, 0.4) is 0 Å². The molecule has 7 nitrogen and oxygen atoms in total. The predicted molar refractivity (Wildman–Crippen MR) is 107 cm³/mol. The highest BCUT2D eigenvalue weighted by molar-refractivity contribution is 5.89. The lowest BCUT2D eigenvalue weighted by Crippen LogP contribution is -2.50. The van der Waals surface area contributed by atoms with Crippen LogP contribution in [0.25, 0.3) is 0 Å². The number of hydrogen-bond donors (Lipinski definition) is 0. The molecule has 0 saturated carbocycles. The second kappa shape index (κ2) is 9.28. The van der Waals surface area contributed by atoms with Gasteiger partial charge in [-0.3, -0.25) is 9.59 Å². The molecule has 0 bridgehead atoms. The van der Waals surface area contributed by atoms with Gasteiger partial charge in [0.05, 0.1) is 20.1 Å². The molecule has 0 radical (unpaired) electrons. The van der Waals surface area contributed by atoms with Crippen molar-refractivity contribution in [2.75, 3.05) is 60.0 Å². The molecule has 1 aromatic carbocycles. The van der Waals surface area contributed by atoms with Crippen molar-refractivity contribution < 1.29 is 19.1 Å². The SMILES string of the molecule is CCN1CCN(C(=O)[C@H]2CC(=O)N(CCc3ccc(OC)c(OC)c3)C2)CC1. The number of carbonyl (C=O) groups excluding carboxylic acids is 2. The van der Waals surface area contributed by atoms with Crippen LogP contribution in [0, 0.1) is 5.92 Å². The van der Waals surface area contributed by atoms with Crippen LogP contribution in [0.15, 0.2) is 18.2 Å². The fraction of sp³-hybridized carbons (Fsp3) is 0.619. The van der Waals surface area contributed by atoms with Crippen molar-refractivity contribution in [3.63, 3.8) is 0 Å². The van der Waals surface area contributed by atoms with E-state index in [0.717, 1.165) is 44.7 Å². The molecule has 7 heteroatoms. The summed E-state index contributed by atoms with van der Waals surface area (Å²) in [7, 11) is 3.22. The number of nitrogens with zero attached hydrogens (tertiary/aromatic N) is 3. The molecule has 2 aliphatic heterocycles. The van der Waals surface area contributed by atoms with Crippen molar-refractivity contribution in [3.05, 3.63) is 23.8 Å². The topological polar surface area (TPSA) is 62.3 Å². The van der Waals surface area contributed by atoms with Crippen LogP contribution in [0.4, 0.5) is 0 Å². The highest BCUT2D eigenvalue weighted by Gasteiger charge is 2.36. The Morgan fingerprint density at radius 1 is 1.11 bits per heavy atom. The minimum absolute atomic E-state index is 0.0750. The van der Waals surface area contributed by atoms with Gasteiger partial charge in [-0.2, -0.15) is 0 Å². The number of benzene rings is 1. The second-order valence-electron chi connectivity index (χ2n) is 7.44. The molecular formula is C21H31N3O4. The summed E-state index contributed by atoms with van der Waals surface area (Å²) in [6.45, 7) is 7.68. The quantitative estimate of drug-likeness (QED) is 0.703. The Kier molecular flexibility index (Phi) is 6.78. The lowest BCUT2D eigenvalue weighted by Gasteiger charge is -2.35. The maximum atomic E-state index is 12.8. The van der Waals surface area contributed by atoms with Crippen molar-refractivity contribution in [1.82, 2.24) is 14.7 Å². The van der Waals surface area contributed by atoms with E-state index >= 15 is 0 Å². The van der Waals surface area contributed by atoms with Crippen molar-refractivity contribution in [2.45, 2.75) is 19.8 Å². The molecule has 0 spiro atoms. The summed E-state index contributed by atoms with van der Waals surface area (Å²) in [5, 5.41) is 0. The van der Waals surface area contributed by atoms with Crippen LogP contribution in [-0.2, 0) is 16.0 Å². The van der Waals surface area contributed by atoms with E-state index in [4.69, 9.17) is 9.47 Å². The fourth-order valence-electron chi connectivity index (χ4n) is 4.00. The number of likely N-dealkylation sites (N-methyl/N-ethyl adjacent to an activating group) is 1. The average molecular weight is 389 g/mol. The van der Waals surface area contributed by atoms with Gasteiger partial charge in [0.15, 0.2) is 11.5 Å². The van der Waals surface area contributed by atoms with Crippen molar-refractivity contribution in [3.8, 4) is 11.5 Å². The van der Waals surface area contributed by atoms with Gasteiger partial charge >= 0.3 is 0 Å². The molecule has 154 valence electrons. The van der Waals surface area contributed by atoms with E-state index in [1.54, 1.807) is 14.2 Å². The molecule has 2 fully saturated rings. The Bertz CT molecular complexity index is 701. The molecule has 0 aliphatic carbocycles. The number of likely N-dealkylation sites (tertiary alicyclic amines) is 1. The standard InChI is InChI=1S/C21H31N3O4/c1-4-22-9-11-23(12-10-22)21(26)17-14-20(25)24(15-17)8-7-16-5-6-18(27-2)19(13-16)28-3/h5-6,13,17H,4,7-12,14-15H2,1-3H3/t17-/m0/s1. The third-order valence-corrected chi connectivity index (χ3v) is 5.81. The summed E-state index contributed by atoms with van der Waals surface area (Å²) < 4.78 is 10.6. The Labute approximate surface area is 167 Å². The van der Waals surface area contributed by atoms with E-state index < -0.39 is 0 Å². The third-order valence-electron chi connectivity index (χ3n) is 5.81. The van der Waals surface area contributed by atoms with Gasteiger partial charge in [-0.25, -0.2) is 0 Å². The van der Waals surface area contributed by atoms with Crippen LogP contribution in [0.5, 0.6) is 11.5 Å². The number of amides is 2. The van der Waals surface area contributed by atoms with Crippen LogP contribution in [-0.4, -0.2) is 86.5 Å². The first kappa shape index (κ1) is 20.5. The van der Waals surface area contributed by atoms with E-state index in [2.05, 4.69) is 11.8 Å². The van der Waals surface area contributed by atoms with Gasteiger partial charge in [0.1, 0.15) is 0 Å². The number of ether oxygens (including phenoxy) is 2. The number of hydrogen-bond acceptors (Lipinski definition) is 5. The van der Waals surface area contributed by atoms with Gasteiger partial charge < -0.3 is 24.2 Å². The lowest BCUT2D eigenvalue weighted by molar-refractivity contribution is -0.137. The summed E-state index contributed by atoms with van der Waals surface area (Å²) in [6, 6.07) is 5.80. The lowest BCUT2D eigenvalue weighted by atomic mass is 10.1. The summed E-state index contributed by atoms with van der Waals surface area (Å²) in [5.74, 6) is 1.39. The van der Waals surface area contributed by atoms with Crippen LogP contribution in [0.2, 0.25) is 0 Å². The average Bonchev–Trinajstić information content (AvgIpc) is 3.12. The zero-order valence-corrected chi connectivity index (χ0v) is 17.1. The maximum Gasteiger partial charge on any atom is 0.228 e. The Hall–Kier alpha value is -2.28. The molecule has 1 aromatic rings. The molecule has 2 aliphatic rings. The first-order chi connectivity index (χ1) is 13.5. The Balaban J connectivity index is 1.53. The van der Waals surface area contributed by atoms with Gasteiger partial charge in [0.2, 0.25) is 11.8 Å². The monoisotopic (exact) mass is 389 g/mol. The molecule has 2 amide bonds. The number of methoxy groups -OCH3 is 2. The highest BCUT2D eigenvalue weighted by Crippen LogP contribution is 2.28. The molecular weight excluding hydrogens is 358 g/mol. The summed E-state index contributed by atoms with van der Waals surface area (Å²) in [6.07, 6.45) is 1.06. The summed E-state index contributed by atoms with van der Waals surface area (Å²) in [5.41, 5.74) is 1.08. The Morgan fingerprint density at radius 3 is 2.46 bits per heavy atom. The minimum Gasteiger partial charge on any atom is -0.493 e. The summed E-state index contributed by atoms with van der Waals surface area (Å²) >= 11 is 0. The highest BCUT2D eigenvalue weighted by atomic mass is 16.5. The van der Waals surface area contributed by atoms with E-state index in [0.29, 0.717) is 31.0 Å². The molecule has 2 saturated heterocycles. The van der Waals surface area contributed by atoms with Crippen LogP contribution in [0.1, 0.15) is 18.9 Å². The van der Waals surface area contributed by atoms with Gasteiger partial charge in [-0.1, -0.05) is 13.0 Å². The molecule has 1 atom stereocenters. The minimum atomic E-state index is -0.203. The maximum absolute atomic E-state index is 12.8. The van der Waals surface area contributed by atoms with Crippen molar-refractivity contribution in [1.29, 1.82) is 0 Å². The summed E-state index contributed by atoms with van der Waals surface area (Å²) in [4.78, 5) is 31.3. The molecule has 2 heterocycles. The second-order valence-corrected chi connectivity index (χ2v) is 7.44. The Morgan fingerprint density at radius 2 is 1.82 bits per heavy atom. The smallest absolute Gasteiger partial charge is 0.228 e. The van der Waals surface area contributed by atoms with E-state index in [1.807, 2.05) is 28.0 Å². The third kappa shape index (κ3) is 4.58. The van der Waals surface area contributed by atoms with Gasteiger partial charge in [-0.05, 0) is 30.7 Å². The molecule has 28 heavy (non-hydrogen) atoms. The number of carbonyl (C=O) groups is 2. The molecule has 0 aromatic heterocycles. The molecule has 0 N–H and O–H groups in total. The fourth-order valence-corrected chi connectivity index (χ4v) is 4.00. The largest absolute Gasteiger partial charge is 0.493 e. The normalized spacial score (nSPS) is 20.5. The first-order valence-corrected chi connectivity index (χ1v) is 10.1. The van der Waals surface area contributed by atoms with Crippen LogP contribution >= 0.6 is 0 Å². The zero-order valence-electron chi connectivity index (χ0n) is 17.1. The van der Waals surface area contributed by atoms with Gasteiger partial charge in [-0.15, -0.1) is 0 Å². The number of piperazine rings is 1. The number of rotatable bonds is 7. The van der Waals surface area contributed by atoms with Gasteiger partial charge in [0, 0.05) is 45.7 Å². The van der Waals surface area contributed by atoms with Gasteiger partial charge in [0.25, 0.3) is 0 Å².